The molecule has 1 aromatic carbocycles. The van der Waals surface area contributed by atoms with Crippen LogP contribution in [0.3, 0.4) is 0 Å². The third-order valence-electron chi connectivity index (χ3n) is 3.48. The van der Waals surface area contributed by atoms with Crippen LogP contribution in [0.4, 0.5) is 5.69 Å². The average Bonchev–Trinajstić information content (AvgIpc) is 2.94. The zero-order valence-corrected chi connectivity index (χ0v) is 11.9. The van der Waals surface area contributed by atoms with Gasteiger partial charge in [-0.1, -0.05) is 6.07 Å². The van der Waals surface area contributed by atoms with Crippen molar-refractivity contribution < 1.29 is 8.42 Å². The number of fused-ring (bicyclic) bond motifs is 1. The fraction of sp³-hybridized carbons (Fsp3) is 0.214. The molecule has 0 atom stereocenters. The summed E-state index contributed by atoms with van der Waals surface area (Å²) in [5.41, 5.74) is 2.75. The lowest BCUT2D eigenvalue weighted by Gasteiger charge is -2.19. The number of pyridine rings is 1. The third kappa shape index (κ3) is 2.17. The molecular formula is C14H15N3O2S. The number of anilines is 1. The number of hydrogen-bond donors (Lipinski definition) is 1. The molecule has 0 unspecified atom stereocenters. The molecule has 3 rings (SSSR count). The van der Waals surface area contributed by atoms with Crippen LogP contribution in [0.1, 0.15) is 11.1 Å². The molecule has 1 N–H and O–H groups in total. The van der Waals surface area contributed by atoms with E-state index in [1.807, 2.05) is 6.07 Å². The van der Waals surface area contributed by atoms with Gasteiger partial charge in [0.2, 0.25) is 0 Å². The lowest BCUT2D eigenvalue weighted by Crippen LogP contribution is -2.26. The normalized spacial score (nSPS) is 14.1. The molecule has 1 aromatic heterocycles. The number of rotatable bonds is 3. The van der Waals surface area contributed by atoms with E-state index < -0.39 is 10.0 Å². The molecule has 0 saturated carbocycles. The predicted molar refractivity (Wildman–Crippen MR) is 76.8 cm³/mol. The molecule has 0 bridgehead atoms. The van der Waals surface area contributed by atoms with Gasteiger partial charge in [-0.2, -0.15) is 0 Å². The van der Waals surface area contributed by atoms with Crippen molar-refractivity contribution in [1.29, 1.82) is 0 Å². The minimum Gasteiger partial charge on any atom is -0.309 e. The van der Waals surface area contributed by atoms with Crippen LogP contribution in [0.5, 0.6) is 0 Å². The Morgan fingerprint density at radius 2 is 2.00 bits per heavy atom. The lowest BCUT2D eigenvalue weighted by atomic mass is 10.1. The Morgan fingerprint density at radius 3 is 2.75 bits per heavy atom. The first-order valence-electron chi connectivity index (χ1n) is 6.30. The van der Waals surface area contributed by atoms with Gasteiger partial charge in [-0.05, 0) is 35.4 Å². The number of benzene rings is 1. The smallest absolute Gasteiger partial charge is 0.264 e. The van der Waals surface area contributed by atoms with E-state index in [2.05, 4.69) is 10.3 Å². The standard InChI is InChI=1S/C14H15N3O2S/c1-17(13-3-2-6-15-10-13)20(18,19)14-5-4-11-8-16-9-12(11)7-14/h2-7,10,16H,8-9H2,1H3. The molecule has 1 aliphatic rings. The van der Waals surface area contributed by atoms with E-state index >= 15 is 0 Å². The molecule has 2 heterocycles. The van der Waals surface area contributed by atoms with Gasteiger partial charge in [-0.3, -0.25) is 9.29 Å². The highest BCUT2D eigenvalue weighted by atomic mass is 32.2. The fourth-order valence-corrected chi connectivity index (χ4v) is 3.50. The number of nitrogens with zero attached hydrogens (tertiary/aromatic N) is 2. The van der Waals surface area contributed by atoms with Crippen LogP contribution in [0.2, 0.25) is 0 Å². The highest BCUT2D eigenvalue weighted by Gasteiger charge is 2.23. The summed E-state index contributed by atoms with van der Waals surface area (Å²) in [6.07, 6.45) is 3.15. The van der Waals surface area contributed by atoms with Crippen molar-refractivity contribution >= 4 is 15.7 Å². The van der Waals surface area contributed by atoms with E-state index in [4.69, 9.17) is 0 Å². The summed E-state index contributed by atoms with van der Waals surface area (Å²) in [5.74, 6) is 0. The maximum atomic E-state index is 12.6. The largest absolute Gasteiger partial charge is 0.309 e. The predicted octanol–water partition coefficient (Wildman–Crippen LogP) is 1.51. The minimum absolute atomic E-state index is 0.311. The van der Waals surface area contributed by atoms with E-state index in [0.29, 0.717) is 10.6 Å². The summed E-state index contributed by atoms with van der Waals surface area (Å²) in [5, 5.41) is 3.21. The SMILES string of the molecule is CN(c1cccnc1)S(=O)(=O)c1ccc2c(c1)CNC2. The van der Waals surface area contributed by atoms with Gasteiger partial charge in [0.1, 0.15) is 0 Å². The Balaban J connectivity index is 2.00. The molecule has 0 amide bonds. The molecule has 5 nitrogen and oxygen atoms in total. The van der Waals surface area contributed by atoms with Crippen molar-refractivity contribution in [2.45, 2.75) is 18.0 Å². The molecule has 2 aromatic rings. The Hall–Kier alpha value is -1.92. The zero-order chi connectivity index (χ0) is 14.2. The molecular weight excluding hydrogens is 274 g/mol. The Kier molecular flexibility index (Phi) is 3.19. The Morgan fingerprint density at radius 1 is 1.20 bits per heavy atom. The fourth-order valence-electron chi connectivity index (χ4n) is 2.27. The molecule has 1 aliphatic heterocycles. The van der Waals surface area contributed by atoms with Gasteiger partial charge >= 0.3 is 0 Å². The van der Waals surface area contributed by atoms with Gasteiger partial charge in [0.15, 0.2) is 0 Å². The molecule has 0 aliphatic carbocycles. The quantitative estimate of drug-likeness (QED) is 0.930. The van der Waals surface area contributed by atoms with E-state index in [9.17, 15) is 8.42 Å². The molecule has 6 heteroatoms. The first kappa shape index (κ1) is 13.1. The maximum Gasteiger partial charge on any atom is 0.264 e. The second-order valence-corrected chi connectivity index (χ2v) is 6.69. The summed E-state index contributed by atoms with van der Waals surface area (Å²) < 4.78 is 26.5. The maximum absolute atomic E-state index is 12.6. The van der Waals surface area contributed by atoms with Crippen LogP contribution in [0.15, 0.2) is 47.6 Å². The highest BCUT2D eigenvalue weighted by molar-refractivity contribution is 7.92. The van der Waals surface area contributed by atoms with Gasteiger partial charge < -0.3 is 5.32 Å². The van der Waals surface area contributed by atoms with Crippen LogP contribution < -0.4 is 9.62 Å². The van der Waals surface area contributed by atoms with Crippen LogP contribution >= 0.6 is 0 Å². The number of sulfonamides is 1. The molecule has 0 radical (unpaired) electrons. The first-order chi connectivity index (χ1) is 9.59. The van der Waals surface area contributed by atoms with Gasteiger partial charge in [0, 0.05) is 26.3 Å². The topological polar surface area (TPSA) is 62.3 Å². The van der Waals surface area contributed by atoms with Crippen molar-refractivity contribution in [3.63, 3.8) is 0 Å². The second kappa shape index (κ2) is 4.88. The summed E-state index contributed by atoms with van der Waals surface area (Å²) in [6, 6.07) is 8.72. The lowest BCUT2D eigenvalue weighted by molar-refractivity contribution is 0.594. The average molecular weight is 289 g/mol. The molecule has 0 saturated heterocycles. The number of nitrogens with one attached hydrogen (secondary N) is 1. The van der Waals surface area contributed by atoms with E-state index in [-0.39, 0.29) is 0 Å². The molecule has 20 heavy (non-hydrogen) atoms. The van der Waals surface area contributed by atoms with Crippen LogP contribution in [0.25, 0.3) is 0 Å². The number of aromatic nitrogens is 1. The summed E-state index contributed by atoms with van der Waals surface area (Å²) in [7, 11) is -2.01. The zero-order valence-electron chi connectivity index (χ0n) is 11.1. The van der Waals surface area contributed by atoms with Crippen molar-refractivity contribution in [3.05, 3.63) is 53.9 Å². The van der Waals surface area contributed by atoms with Gasteiger partial charge in [-0.25, -0.2) is 8.42 Å². The van der Waals surface area contributed by atoms with Crippen LogP contribution in [-0.2, 0) is 23.1 Å². The molecule has 0 fully saturated rings. The van der Waals surface area contributed by atoms with E-state index in [1.54, 1.807) is 30.5 Å². The third-order valence-corrected chi connectivity index (χ3v) is 5.26. The van der Waals surface area contributed by atoms with E-state index in [1.165, 1.54) is 17.5 Å². The highest BCUT2D eigenvalue weighted by Crippen LogP contribution is 2.24. The summed E-state index contributed by atoms with van der Waals surface area (Å²) in [4.78, 5) is 4.27. The summed E-state index contributed by atoms with van der Waals surface area (Å²) >= 11 is 0. The van der Waals surface area contributed by atoms with Crippen LogP contribution in [0, 0.1) is 0 Å². The first-order valence-corrected chi connectivity index (χ1v) is 7.74. The van der Waals surface area contributed by atoms with Crippen LogP contribution in [-0.4, -0.2) is 20.4 Å². The minimum atomic E-state index is -3.55. The molecule has 104 valence electrons. The van der Waals surface area contributed by atoms with Crippen molar-refractivity contribution in [2.75, 3.05) is 11.4 Å². The van der Waals surface area contributed by atoms with Crippen molar-refractivity contribution in [1.82, 2.24) is 10.3 Å². The van der Waals surface area contributed by atoms with Crippen molar-refractivity contribution in [2.24, 2.45) is 0 Å². The summed E-state index contributed by atoms with van der Waals surface area (Å²) in [6.45, 7) is 1.52. The Bertz CT molecular complexity index is 729. The van der Waals surface area contributed by atoms with Gasteiger partial charge in [-0.15, -0.1) is 0 Å². The van der Waals surface area contributed by atoms with Gasteiger partial charge in [0.25, 0.3) is 10.0 Å². The monoisotopic (exact) mass is 289 g/mol. The Labute approximate surface area is 118 Å². The number of hydrogen-bond acceptors (Lipinski definition) is 4. The van der Waals surface area contributed by atoms with Crippen molar-refractivity contribution in [3.8, 4) is 0 Å². The second-order valence-electron chi connectivity index (χ2n) is 4.72. The van der Waals surface area contributed by atoms with Gasteiger partial charge in [0.05, 0.1) is 16.8 Å². The molecule has 0 spiro atoms. The van der Waals surface area contributed by atoms with E-state index in [0.717, 1.165) is 24.2 Å².